The summed E-state index contributed by atoms with van der Waals surface area (Å²) in [5.74, 6) is -0.688. The average molecular weight is 303 g/mol. The highest BCUT2D eigenvalue weighted by atomic mass is 16.6. The maximum atomic E-state index is 11.6. The van der Waals surface area contributed by atoms with Gasteiger partial charge in [-0.05, 0) is 41.5 Å². The van der Waals surface area contributed by atoms with Crippen LogP contribution in [0.4, 0.5) is 9.59 Å². The molecule has 0 radical (unpaired) electrons. The number of nitrogens with two attached hydrogens (primary N) is 1. The number of rotatable bonds is 4. The van der Waals surface area contributed by atoms with Crippen LogP contribution < -0.4 is 16.4 Å². The molecule has 0 bridgehead atoms. The van der Waals surface area contributed by atoms with Crippen LogP contribution in [0.25, 0.3) is 0 Å². The van der Waals surface area contributed by atoms with Gasteiger partial charge in [0.15, 0.2) is 0 Å². The molecule has 8 nitrogen and oxygen atoms in total. The highest BCUT2D eigenvalue weighted by Gasteiger charge is 2.24. The van der Waals surface area contributed by atoms with Crippen molar-refractivity contribution in [1.29, 1.82) is 0 Å². The number of carbonyl (C=O) groups excluding carboxylic acids is 3. The number of hydrogen-bond donors (Lipinski definition) is 3. The van der Waals surface area contributed by atoms with E-state index in [1.807, 2.05) is 0 Å². The van der Waals surface area contributed by atoms with Crippen molar-refractivity contribution in [3.05, 3.63) is 0 Å². The number of carbonyl (C=O) groups is 3. The van der Waals surface area contributed by atoms with Gasteiger partial charge in [0.2, 0.25) is 5.91 Å². The summed E-state index contributed by atoms with van der Waals surface area (Å²) in [6.07, 6.45) is -2.83. The quantitative estimate of drug-likeness (QED) is 0.675. The van der Waals surface area contributed by atoms with E-state index < -0.39 is 35.5 Å². The van der Waals surface area contributed by atoms with E-state index in [1.54, 1.807) is 41.5 Å². The van der Waals surface area contributed by atoms with Crippen molar-refractivity contribution in [1.82, 2.24) is 10.6 Å². The summed E-state index contributed by atoms with van der Waals surface area (Å²) in [6, 6.07) is 0. The minimum absolute atomic E-state index is 0.279. The Kier molecular flexibility index (Phi) is 6.47. The molecular formula is C13H25N3O5. The zero-order valence-electron chi connectivity index (χ0n) is 13.4. The Bertz CT molecular complexity index is 366. The molecule has 0 aromatic rings. The Morgan fingerprint density at radius 3 is 1.48 bits per heavy atom. The number of alkyl carbamates (subject to hydrolysis) is 2. The maximum Gasteiger partial charge on any atom is 0.409 e. The number of amides is 3. The normalized spacial score (nSPS) is 11.8. The van der Waals surface area contributed by atoms with Crippen LogP contribution in [0.3, 0.4) is 0 Å². The minimum Gasteiger partial charge on any atom is -0.444 e. The van der Waals surface area contributed by atoms with Crippen molar-refractivity contribution in [3.8, 4) is 0 Å². The zero-order valence-corrected chi connectivity index (χ0v) is 13.4. The lowest BCUT2D eigenvalue weighted by Crippen LogP contribution is -2.51. The molecule has 0 spiro atoms. The average Bonchev–Trinajstić information content (AvgIpc) is 2.07. The molecule has 8 heteroatoms. The van der Waals surface area contributed by atoms with Gasteiger partial charge in [-0.3, -0.25) is 4.79 Å². The molecule has 21 heavy (non-hydrogen) atoms. The molecule has 0 rings (SSSR count). The molecule has 0 heterocycles. The van der Waals surface area contributed by atoms with Gasteiger partial charge in [0, 0.05) is 0 Å². The number of primary amides is 1. The smallest absolute Gasteiger partial charge is 0.409 e. The fraction of sp³-hybridized carbons (Fsp3) is 0.769. The lowest BCUT2D eigenvalue weighted by molar-refractivity contribution is -0.118. The first-order chi connectivity index (χ1) is 9.28. The first-order valence-corrected chi connectivity index (χ1v) is 6.56. The van der Waals surface area contributed by atoms with Gasteiger partial charge in [-0.1, -0.05) is 0 Å². The Morgan fingerprint density at radius 2 is 1.24 bits per heavy atom. The summed E-state index contributed by atoms with van der Waals surface area (Å²) < 4.78 is 10.1. The molecule has 0 fully saturated rings. The molecule has 0 saturated carbocycles. The molecule has 3 amide bonds. The Balaban J connectivity index is 4.63. The van der Waals surface area contributed by atoms with Crippen LogP contribution in [0.1, 0.15) is 48.0 Å². The molecule has 0 unspecified atom stereocenters. The lowest BCUT2D eigenvalue weighted by Gasteiger charge is -2.25. The van der Waals surface area contributed by atoms with Crippen LogP contribution in [-0.4, -0.2) is 35.5 Å². The summed E-state index contributed by atoms with van der Waals surface area (Å²) >= 11 is 0. The number of nitrogens with one attached hydrogen (secondary N) is 2. The van der Waals surface area contributed by atoms with Gasteiger partial charge >= 0.3 is 12.2 Å². The molecule has 0 aromatic carbocycles. The van der Waals surface area contributed by atoms with E-state index >= 15 is 0 Å². The van der Waals surface area contributed by atoms with E-state index in [-0.39, 0.29) is 6.42 Å². The van der Waals surface area contributed by atoms with Crippen LogP contribution in [0.15, 0.2) is 0 Å². The molecule has 0 aromatic heterocycles. The fourth-order valence-corrected chi connectivity index (χ4v) is 1.24. The van der Waals surface area contributed by atoms with Crippen LogP contribution in [-0.2, 0) is 14.3 Å². The monoisotopic (exact) mass is 303 g/mol. The molecular weight excluding hydrogens is 278 g/mol. The number of hydrogen-bond acceptors (Lipinski definition) is 5. The third-order valence-corrected chi connectivity index (χ3v) is 1.79. The van der Waals surface area contributed by atoms with Gasteiger partial charge in [-0.25, -0.2) is 9.59 Å². The van der Waals surface area contributed by atoms with E-state index in [0.29, 0.717) is 0 Å². The van der Waals surface area contributed by atoms with E-state index in [9.17, 15) is 14.4 Å². The predicted molar refractivity (Wildman–Crippen MR) is 76.3 cm³/mol. The highest BCUT2D eigenvalue weighted by molar-refractivity contribution is 5.77. The molecule has 0 saturated heterocycles. The fourth-order valence-electron chi connectivity index (χ4n) is 1.24. The molecule has 122 valence electrons. The summed E-state index contributed by atoms with van der Waals surface area (Å²) in [7, 11) is 0. The second kappa shape index (κ2) is 7.14. The van der Waals surface area contributed by atoms with Gasteiger partial charge in [0.1, 0.15) is 17.4 Å². The van der Waals surface area contributed by atoms with Crippen molar-refractivity contribution >= 4 is 18.1 Å². The SMILES string of the molecule is CC(C)(C)OC(=O)NC(CC(N)=O)NC(=O)OC(C)(C)C. The van der Waals surface area contributed by atoms with Crippen molar-refractivity contribution in [2.24, 2.45) is 5.73 Å². The van der Waals surface area contributed by atoms with Crippen LogP contribution in [0.5, 0.6) is 0 Å². The van der Waals surface area contributed by atoms with E-state index in [0.717, 1.165) is 0 Å². The zero-order chi connectivity index (χ0) is 16.8. The van der Waals surface area contributed by atoms with Crippen molar-refractivity contribution < 1.29 is 23.9 Å². The predicted octanol–water partition coefficient (Wildman–Crippen LogP) is 1.24. The third-order valence-electron chi connectivity index (χ3n) is 1.79. The summed E-state index contributed by atoms with van der Waals surface area (Å²) in [6.45, 7) is 10.1. The van der Waals surface area contributed by atoms with Gasteiger partial charge in [0.05, 0.1) is 6.42 Å². The van der Waals surface area contributed by atoms with Gasteiger partial charge in [0.25, 0.3) is 0 Å². The second-order valence-corrected chi connectivity index (χ2v) is 6.52. The van der Waals surface area contributed by atoms with E-state index in [4.69, 9.17) is 15.2 Å². The summed E-state index contributed by atoms with van der Waals surface area (Å²) in [4.78, 5) is 34.3. The molecule has 0 aliphatic rings. The number of ether oxygens (including phenoxy) is 2. The summed E-state index contributed by atoms with van der Waals surface area (Å²) in [5, 5.41) is 4.70. The third kappa shape index (κ3) is 11.5. The van der Waals surface area contributed by atoms with Gasteiger partial charge < -0.3 is 25.8 Å². The van der Waals surface area contributed by atoms with Crippen molar-refractivity contribution in [2.75, 3.05) is 0 Å². The van der Waals surface area contributed by atoms with Crippen molar-refractivity contribution in [2.45, 2.75) is 65.3 Å². The van der Waals surface area contributed by atoms with Crippen LogP contribution >= 0.6 is 0 Å². The second-order valence-electron chi connectivity index (χ2n) is 6.52. The first kappa shape index (κ1) is 19.0. The van der Waals surface area contributed by atoms with Gasteiger partial charge in [-0.2, -0.15) is 0 Å². The topological polar surface area (TPSA) is 120 Å². The van der Waals surface area contributed by atoms with E-state index in [1.165, 1.54) is 0 Å². The molecule has 4 N–H and O–H groups in total. The highest BCUT2D eigenvalue weighted by Crippen LogP contribution is 2.08. The Hall–Kier alpha value is -1.99. The van der Waals surface area contributed by atoms with E-state index in [2.05, 4.69) is 10.6 Å². The Labute approximate surface area is 124 Å². The minimum atomic E-state index is -1.01. The molecule has 0 aliphatic carbocycles. The lowest BCUT2D eigenvalue weighted by atomic mass is 10.2. The molecule has 0 atom stereocenters. The molecule has 0 aliphatic heterocycles. The van der Waals surface area contributed by atoms with Gasteiger partial charge in [-0.15, -0.1) is 0 Å². The van der Waals surface area contributed by atoms with Crippen LogP contribution in [0.2, 0.25) is 0 Å². The Morgan fingerprint density at radius 1 is 0.905 bits per heavy atom. The van der Waals surface area contributed by atoms with Crippen LogP contribution in [0, 0.1) is 0 Å². The standard InChI is InChI=1S/C13H25N3O5/c1-12(2,3)20-10(18)15-9(7-8(14)17)16-11(19)21-13(4,5)6/h9H,7H2,1-6H3,(H2,14,17)(H,15,18)(H,16,19). The first-order valence-electron chi connectivity index (χ1n) is 6.56. The maximum absolute atomic E-state index is 11.6. The largest absolute Gasteiger partial charge is 0.444 e. The van der Waals surface area contributed by atoms with Crippen molar-refractivity contribution in [3.63, 3.8) is 0 Å². The summed E-state index contributed by atoms with van der Waals surface area (Å²) in [5.41, 5.74) is 3.67.